The lowest BCUT2D eigenvalue weighted by Crippen LogP contribution is -2.01. The maximum Gasteiger partial charge on any atom is 0.144 e. The van der Waals surface area contributed by atoms with Gasteiger partial charge in [-0.1, -0.05) is 0 Å². The van der Waals surface area contributed by atoms with E-state index in [0.717, 1.165) is 17.1 Å². The number of aryl methyl sites for hydroxylation is 2. The Hall–Kier alpha value is -1.97. The van der Waals surface area contributed by atoms with Crippen LogP contribution in [0.5, 0.6) is 11.5 Å². The summed E-state index contributed by atoms with van der Waals surface area (Å²) in [5.74, 6) is 0.882. The summed E-state index contributed by atoms with van der Waals surface area (Å²) < 4.78 is 7.00. The zero-order valence-corrected chi connectivity index (χ0v) is 9.56. The minimum Gasteiger partial charge on any atom is -0.508 e. The number of nitrogens with zero attached hydrogens (tertiary/aromatic N) is 2. The summed E-state index contributed by atoms with van der Waals surface area (Å²) in [6, 6.07) is 6.93. The number of methoxy groups -OCH3 is 1. The fourth-order valence-electron chi connectivity index (χ4n) is 1.72. The summed E-state index contributed by atoms with van der Waals surface area (Å²) in [6.45, 7) is 3.89. The van der Waals surface area contributed by atoms with E-state index in [1.807, 2.05) is 19.9 Å². The average Bonchev–Trinajstić information content (AvgIpc) is 2.57. The standard InChI is InChI=1S/C12H14N2O2/c1-8-6-9(2)14(13-8)11-7-10(15)4-5-12(11)16-3/h4-7,15H,1-3H3. The predicted octanol–water partition coefficient (Wildman–Crippen LogP) is 2.20. The number of phenols is 1. The molecule has 0 aliphatic rings. The molecule has 4 nitrogen and oxygen atoms in total. The minimum absolute atomic E-state index is 0.198. The molecule has 2 rings (SSSR count). The van der Waals surface area contributed by atoms with Crippen molar-refractivity contribution < 1.29 is 9.84 Å². The first kappa shape index (κ1) is 10.5. The maximum absolute atomic E-state index is 9.50. The second-order valence-electron chi connectivity index (χ2n) is 3.70. The Labute approximate surface area is 94.1 Å². The molecule has 0 bridgehead atoms. The molecular weight excluding hydrogens is 204 g/mol. The Morgan fingerprint density at radius 2 is 2.00 bits per heavy atom. The van der Waals surface area contributed by atoms with E-state index in [1.54, 1.807) is 30.0 Å². The van der Waals surface area contributed by atoms with E-state index in [1.165, 1.54) is 0 Å². The third kappa shape index (κ3) is 1.74. The average molecular weight is 218 g/mol. The minimum atomic E-state index is 0.198. The molecule has 4 heteroatoms. The molecule has 0 aliphatic heterocycles. The number of aromatic hydroxyl groups is 1. The first-order valence-electron chi connectivity index (χ1n) is 5.02. The molecule has 1 heterocycles. The van der Waals surface area contributed by atoms with E-state index in [9.17, 15) is 5.11 Å². The first-order chi connectivity index (χ1) is 7.61. The van der Waals surface area contributed by atoms with E-state index in [2.05, 4.69) is 5.10 Å². The van der Waals surface area contributed by atoms with Crippen molar-refractivity contribution in [2.75, 3.05) is 7.11 Å². The summed E-state index contributed by atoms with van der Waals surface area (Å²) in [7, 11) is 1.60. The molecule has 0 amide bonds. The molecule has 2 aromatic rings. The third-order valence-corrected chi connectivity index (χ3v) is 2.40. The zero-order valence-electron chi connectivity index (χ0n) is 9.56. The summed E-state index contributed by atoms with van der Waals surface area (Å²) >= 11 is 0. The number of phenolic OH excluding ortho intramolecular Hbond substituents is 1. The zero-order chi connectivity index (χ0) is 11.7. The van der Waals surface area contributed by atoms with E-state index >= 15 is 0 Å². The lowest BCUT2D eigenvalue weighted by Gasteiger charge is -2.10. The van der Waals surface area contributed by atoms with Crippen LogP contribution in [-0.2, 0) is 0 Å². The van der Waals surface area contributed by atoms with Gasteiger partial charge >= 0.3 is 0 Å². The van der Waals surface area contributed by atoms with Crippen LogP contribution in [0.25, 0.3) is 5.69 Å². The second kappa shape index (κ2) is 3.89. The molecule has 0 atom stereocenters. The van der Waals surface area contributed by atoms with Crippen molar-refractivity contribution in [2.45, 2.75) is 13.8 Å². The van der Waals surface area contributed by atoms with Gasteiger partial charge < -0.3 is 9.84 Å². The smallest absolute Gasteiger partial charge is 0.144 e. The van der Waals surface area contributed by atoms with Gasteiger partial charge in [0.05, 0.1) is 12.8 Å². The van der Waals surface area contributed by atoms with Crippen LogP contribution in [0.3, 0.4) is 0 Å². The molecule has 0 saturated carbocycles. The molecule has 0 fully saturated rings. The van der Waals surface area contributed by atoms with Gasteiger partial charge in [0.1, 0.15) is 17.2 Å². The second-order valence-corrected chi connectivity index (χ2v) is 3.70. The lowest BCUT2D eigenvalue weighted by atomic mass is 10.2. The van der Waals surface area contributed by atoms with Crippen LogP contribution in [0.2, 0.25) is 0 Å². The fourth-order valence-corrected chi connectivity index (χ4v) is 1.72. The fraction of sp³-hybridized carbons (Fsp3) is 0.250. The normalized spacial score (nSPS) is 10.4. The van der Waals surface area contributed by atoms with Gasteiger partial charge in [0, 0.05) is 11.8 Å². The topological polar surface area (TPSA) is 47.3 Å². The highest BCUT2D eigenvalue weighted by Crippen LogP contribution is 2.27. The Kier molecular flexibility index (Phi) is 2.56. The number of hydrogen-bond donors (Lipinski definition) is 1. The van der Waals surface area contributed by atoms with Gasteiger partial charge in [-0.2, -0.15) is 5.10 Å². The van der Waals surface area contributed by atoms with Crippen LogP contribution in [0.4, 0.5) is 0 Å². The molecule has 1 N–H and O–H groups in total. The van der Waals surface area contributed by atoms with Crippen LogP contribution in [0, 0.1) is 13.8 Å². The Morgan fingerprint density at radius 3 is 2.56 bits per heavy atom. The summed E-state index contributed by atoms with van der Waals surface area (Å²) in [5.41, 5.74) is 2.68. The monoisotopic (exact) mass is 218 g/mol. The molecule has 0 spiro atoms. The van der Waals surface area contributed by atoms with E-state index in [-0.39, 0.29) is 5.75 Å². The Balaban J connectivity index is 2.62. The van der Waals surface area contributed by atoms with Crippen LogP contribution in [0.1, 0.15) is 11.4 Å². The molecule has 0 aliphatic carbocycles. The van der Waals surface area contributed by atoms with E-state index in [0.29, 0.717) is 5.75 Å². The molecule has 0 radical (unpaired) electrons. The van der Waals surface area contributed by atoms with Gasteiger partial charge in [0.25, 0.3) is 0 Å². The highest BCUT2D eigenvalue weighted by Gasteiger charge is 2.10. The molecular formula is C12H14N2O2. The first-order valence-corrected chi connectivity index (χ1v) is 5.02. The number of hydrogen-bond acceptors (Lipinski definition) is 3. The summed E-state index contributed by atoms with van der Waals surface area (Å²) in [6.07, 6.45) is 0. The quantitative estimate of drug-likeness (QED) is 0.840. The number of aromatic nitrogens is 2. The van der Waals surface area contributed by atoms with Crippen molar-refractivity contribution >= 4 is 0 Å². The molecule has 84 valence electrons. The number of rotatable bonds is 2. The van der Waals surface area contributed by atoms with Crippen molar-refractivity contribution in [3.05, 3.63) is 35.7 Å². The maximum atomic E-state index is 9.50. The molecule has 0 saturated heterocycles. The highest BCUT2D eigenvalue weighted by atomic mass is 16.5. The molecule has 1 aromatic carbocycles. The van der Waals surface area contributed by atoms with Crippen molar-refractivity contribution in [3.8, 4) is 17.2 Å². The highest BCUT2D eigenvalue weighted by molar-refractivity contribution is 5.51. The van der Waals surface area contributed by atoms with Crippen LogP contribution >= 0.6 is 0 Å². The summed E-state index contributed by atoms with van der Waals surface area (Å²) in [4.78, 5) is 0. The van der Waals surface area contributed by atoms with Gasteiger partial charge in [-0.25, -0.2) is 4.68 Å². The van der Waals surface area contributed by atoms with Gasteiger partial charge in [-0.15, -0.1) is 0 Å². The SMILES string of the molecule is COc1ccc(O)cc1-n1nc(C)cc1C. The molecule has 1 aromatic heterocycles. The van der Waals surface area contributed by atoms with E-state index in [4.69, 9.17) is 4.74 Å². The van der Waals surface area contributed by atoms with Crippen molar-refractivity contribution in [2.24, 2.45) is 0 Å². The van der Waals surface area contributed by atoms with Gasteiger partial charge in [0.2, 0.25) is 0 Å². The van der Waals surface area contributed by atoms with E-state index < -0.39 is 0 Å². The van der Waals surface area contributed by atoms with Crippen LogP contribution in [-0.4, -0.2) is 22.0 Å². The predicted molar refractivity (Wildman–Crippen MR) is 61.3 cm³/mol. The van der Waals surface area contributed by atoms with Gasteiger partial charge in [-0.05, 0) is 32.0 Å². The van der Waals surface area contributed by atoms with Crippen molar-refractivity contribution in [1.29, 1.82) is 0 Å². The van der Waals surface area contributed by atoms with Crippen LogP contribution < -0.4 is 4.74 Å². The molecule has 16 heavy (non-hydrogen) atoms. The van der Waals surface area contributed by atoms with Crippen LogP contribution in [0.15, 0.2) is 24.3 Å². The number of ether oxygens (including phenoxy) is 1. The number of benzene rings is 1. The summed E-state index contributed by atoms with van der Waals surface area (Å²) in [5, 5.41) is 13.9. The van der Waals surface area contributed by atoms with Crippen molar-refractivity contribution in [1.82, 2.24) is 9.78 Å². The largest absolute Gasteiger partial charge is 0.508 e. The lowest BCUT2D eigenvalue weighted by molar-refractivity contribution is 0.408. The van der Waals surface area contributed by atoms with Crippen molar-refractivity contribution in [3.63, 3.8) is 0 Å². The Bertz CT molecular complexity index is 518. The van der Waals surface area contributed by atoms with Gasteiger partial charge in [0.15, 0.2) is 0 Å². The Morgan fingerprint density at radius 1 is 1.25 bits per heavy atom. The molecule has 0 unspecified atom stereocenters. The van der Waals surface area contributed by atoms with Gasteiger partial charge in [-0.3, -0.25) is 0 Å². The third-order valence-electron chi connectivity index (χ3n) is 2.40.